The summed E-state index contributed by atoms with van der Waals surface area (Å²) in [5, 5.41) is 3.11. The predicted molar refractivity (Wildman–Crippen MR) is 56.1 cm³/mol. The second-order valence-corrected chi connectivity index (χ2v) is 4.59. The zero-order valence-electron chi connectivity index (χ0n) is 7.19. The lowest BCUT2D eigenvalue weighted by Gasteiger charge is -2.20. The van der Waals surface area contributed by atoms with Crippen LogP contribution < -0.4 is 5.32 Å². The van der Waals surface area contributed by atoms with Crippen molar-refractivity contribution in [3.05, 3.63) is 35.4 Å². The molecule has 1 aliphatic rings. The van der Waals surface area contributed by atoms with E-state index < -0.39 is 4.46 Å². The maximum Gasteiger partial charge on any atom is 0.195 e. The first-order valence-corrected chi connectivity index (χ1v) is 5.17. The van der Waals surface area contributed by atoms with E-state index in [9.17, 15) is 0 Å². The summed E-state index contributed by atoms with van der Waals surface area (Å²) in [6.07, 6.45) is 2.13. The molecule has 1 aromatic rings. The Morgan fingerprint density at radius 2 is 2.00 bits per heavy atom. The predicted octanol–water partition coefficient (Wildman–Crippen LogP) is 2.81. The van der Waals surface area contributed by atoms with Gasteiger partial charge in [-0.2, -0.15) is 0 Å². The van der Waals surface area contributed by atoms with Crippen LogP contribution in [-0.4, -0.2) is 6.54 Å². The normalized spacial score (nSPS) is 20.5. The average molecular weight is 216 g/mol. The van der Waals surface area contributed by atoms with Crippen molar-refractivity contribution in [2.45, 2.75) is 17.3 Å². The van der Waals surface area contributed by atoms with Crippen LogP contribution in [0.4, 0.5) is 0 Å². The summed E-state index contributed by atoms with van der Waals surface area (Å²) in [5.74, 6) is 0. The van der Waals surface area contributed by atoms with Crippen molar-refractivity contribution in [3.8, 4) is 0 Å². The fourth-order valence-electron chi connectivity index (χ4n) is 1.66. The molecule has 0 bridgehead atoms. The summed E-state index contributed by atoms with van der Waals surface area (Å²) < 4.78 is -0.910. The molecule has 1 nitrogen and oxygen atoms in total. The van der Waals surface area contributed by atoms with E-state index in [4.69, 9.17) is 23.2 Å². The van der Waals surface area contributed by atoms with Crippen LogP contribution in [0.3, 0.4) is 0 Å². The number of fused-ring (bicyclic) bond motifs is 1. The lowest BCUT2D eigenvalue weighted by Crippen LogP contribution is -2.31. The molecule has 1 N–H and O–H groups in total. The van der Waals surface area contributed by atoms with Crippen molar-refractivity contribution in [2.24, 2.45) is 0 Å². The maximum absolute atomic E-state index is 6.16. The Morgan fingerprint density at radius 3 is 2.85 bits per heavy atom. The summed E-state index contributed by atoms with van der Waals surface area (Å²) in [5.41, 5.74) is 2.24. The molecular formula is C10H11Cl2N. The van der Waals surface area contributed by atoms with Gasteiger partial charge in [0.25, 0.3) is 0 Å². The van der Waals surface area contributed by atoms with E-state index in [2.05, 4.69) is 11.4 Å². The Kier molecular flexibility index (Phi) is 2.50. The third-order valence-electron chi connectivity index (χ3n) is 2.33. The lowest BCUT2D eigenvalue weighted by molar-refractivity contribution is 0.619. The van der Waals surface area contributed by atoms with Gasteiger partial charge in [0, 0.05) is 5.56 Å². The molecule has 3 heteroatoms. The molecule has 0 saturated carbocycles. The van der Waals surface area contributed by atoms with Crippen LogP contribution in [0, 0.1) is 0 Å². The molecule has 0 fully saturated rings. The van der Waals surface area contributed by atoms with E-state index in [1.54, 1.807) is 0 Å². The van der Waals surface area contributed by atoms with Crippen LogP contribution >= 0.6 is 23.2 Å². The van der Waals surface area contributed by atoms with Crippen molar-refractivity contribution in [1.29, 1.82) is 0 Å². The van der Waals surface area contributed by atoms with E-state index in [1.165, 1.54) is 5.56 Å². The molecule has 0 saturated heterocycles. The van der Waals surface area contributed by atoms with Gasteiger partial charge >= 0.3 is 0 Å². The molecule has 0 aromatic heterocycles. The standard InChI is InChI=1S/C10H11Cl2N/c11-10(12)9-6-2-1-4-8(9)5-3-7-13-10/h1-2,4,6,13H,3,5,7H2. The number of alkyl halides is 2. The molecule has 13 heavy (non-hydrogen) atoms. The minimum Gasteiger partial charge on any atom is -0.282 e. The summed E-state index contributed by atoms with van der Waals surface area (Å²) in [6, 6.07) is 8.05. The Labute approximate surface area is 88.0 Å². The van der Waals surface area contributed by atoms with Gasteiger partial charge in [0.05, 0.1) is 0 Å². The Morgan fingerprint density at radius 1 is 1.23 bits per heavy atom. The monoisotopic (exact) mass is 215 g/mol. The number of benzene rings is 1. The highest BCUT2D eigenvalue weighted by Gasteiger charge is 2.29. The van der Waals surface area contributed by atoms with E-state index in [-0.39, 0.29) is 0 Å². The van der Waals surface area contributed by atoms with Gasteiger partial charge in [-0.1, -0.05) is 47.5 Å². The SMILES string of the molecule is ClC1(Cl)NCCCc2ccccc21. The van der Waals surface area contributed by atoms with Crippen molar-refractivity contribution >= 4 is 23.2 Å². The zero-order valence-corrected chi connectivity index (χ0v) is 8.70. The van der Waals surface area contributed by atoms with Gasteiger partial charge in [0.1, 0.15) is 0 Å². The summed E-state index contributed by atoms with van der Waals surface area (Å²) >= 11 is 12.3. The van der Waals surface area contributed by atoms with Crippen LogP contribution in [0.15, 0.2) is 24.3 Å². The molecule has 1 heterocycles. The van der Waals surface area contributed by atoms with Gasteiger partial charge in [-0.15, -0.1) is 0 Å². The van der Waals surface area contributed by atoms with Gasteiger partial charge in [-0.25, -0.2) is 0 Å². The van der Waals surface area contributed by atoms with Crippen molar-refractivity contribution in [3.63, 3.8) is 0 Å². The highest BCUT2D eigenvalue weighted by atomic mass is 35.5. The maximum atomic E-state index is 6.16. The van der Waals surface area contributed by atoms with Crippen LogP contribution in [0.25, 0.3) is 0 Å². The molecule has 0 atom stereocenters. The van der Waals surface area contributed by atoms with Crippen molar-refractivity contribution < 1.29 is 0 Å². The molecular weight excluding hydrogens is 205 g/mol. The van der Waals surface area contributed by atoms with Crippen molar-refractivity contribution in [2.75, 3.05) is 6.54 Å². The fraction of sp³-hybridized carbons (Fsp3) is 0.400. The van der Waals surface area contributed by atoms with Gasteiger partial charge < -0.3 is 0 Å². The first kappa shape index (κ1) is 9.32. The highest BCUT2D eigenvalue weighted by Crippen LogP contribution is 2.35. The van der Waals surface area contributed by atoms with E-state index in [0.29, 0.717) is 0 Å². The molecule has 0 aliphatic carbocycles. The first-order valence-electron chi connectivity index (χ1n) is 4.41. The molecule has 1 aliphatic heterocycles. The fourth-order valence-corrected chi connectivity index (χ4v) is 2.22. The number of hydrogen-bond donors (Lipinski definition) is 1. The van der Waals surface area contributed by atoms with Crippen LogP contribution in [0.5, 0.6) is 0 Å². The smallest absolute Gasteiger partial charge is 0.195 e. The van der Waals surface area contributed by atoms with E-state index in [1.807, 2.05) is 18.2 Å². The number of hydrogen-bond acceptors (Lipinski definition) is 1. The van der Waals surface area contributed by atoms with Gasteiger partial charge in [-0.05, 0) is 24.9 Å². The quantitative estimate of drug-likeness (QED) is 0.519. The van der Waals surface area contributed by atoms with Gasteiger partial charge in [-0.3, -0.25) is 5.32 Å². The summed E-state index contributed by atoms with van der Waals surface area (Å²) in [6.45, 7) is 0.863. The molecule has 0 amide bonds. The summed E-state index contributed by atoms with van der Waals surface area (Å²) in [4.78, 5) is 0. The third-order valence-corrected chi connectivity index (χ3v) is 3.00. The largest absolute Gasteiger partial charge is 0.282 e. The van der Waals surface area contributed by atoms with Gasteiger partial charge in [0.15, 0.2) is 4.46 Å². The number of halogens is 2. The number of rotatable bonds is 0. The molecule has 0 unspecified atom stereocenters. The Balaban J connectivity index is 2.48. The minimum absolute atomic E-state index is 0.863. The average Bonchev–Trinajstić information content (AvgIpc) is 2.26. The molecule has 1 aromatic carbocycles. The van der Waals surface area contributed by atoms with Crippen LogP contribution in [-0.2, 0) is 10.9 Å². The molecule has 70 valence electrons. The highest BCUT2D eigenvalue weighted by molar-refractivity contribution is 6.47. The molecule has 2 rings (SSSR count). The topological polar surface area (TPSA) is 12.0 Å². The lowest BCUT2D eigenvalue weighted by atomic mass is 10.0. The van der Waals surface area contributed by atoms with E-state index >= 15 is 0 Å². The van der Waals surface area contributed by atoms with E-state index in [0.717, 1.165) is 24.9 Å². The van der Waals surface area contributed by atoms with Crippen LogP contribution in [0.1, 0.15) is 17.5 Å². The van der Waals surface area contributed by atoms with Crippen LogP contribution in [0.2, 0.25) is 0 Å². The Bertz CT molecular complexity index is 310. The summed E-state index contributed by atoms with van der Waals surface area (Å²) in [7, 11) is 0. The van der Waals surface area contributed by atoms with Crippen molar-refractivity contribution in [1.82, 2.24) is 5.32 Å². The number of aryl methyl sites for hydroxylation is 1. The Hall–Kier alpha value is -0.240. The molecule has 0 spiro atoms. The number of nitrogens with one attached hydrogen (secondary N) is 1. The van der Waals surface area contributed by atoms with Gasteiger partial charge in [0.2, 0.25) is 0 Å². The second kappa shape index (κ2) is 3.49. The molecule has 0 radical (unpaired) electrons. The first-order chi connectivity index (χ1) is 6.20. The minimum atomic E-state index is -0.910. The third kappa shape index (κ3) is 1.83. The second-order valence-electron chi connectivity index (χ2n) is 3.26. The zero-order chi connectivity index (χ0) is 9.31.